The third-order valence-electron chi connectivity index (χ3n) is 3.66. The minimum atomic E-state index is -0.0452. The summed E-state index contributed by atoms with van der Waals surface area (Å²) in [7, 11) is 1.77. The Labute approximate surface area is 149 Å². The molecule has 0 atom stereocenters. The highest BCUT2D eigenvalue weighted by Crippen LogP contribution is 2.17. The maximum absolute atomic E-state index is 11.9. The lowest BCUT2D eigenvalue weighted by atomic mass is 10.2. The number of nitrogens with one attached hydrogen (secondary N) is 3. The van der Waals surface area contributed by atoms with Crippen molar-refractivity contribution < 1.29 is 4.79 Å². The number of aliphatic imine (C=N–C) groups is 1. The fraction of sp³-hybridized carbons (Fsp3) is 0.500. The highest BCUT2D eigenvalue weighted by Gasteiger charge is 2.15. The van der Waals surface area contributed by atoms with Crippen molar-refractivity contribution in [1.29, 1.82) is 0 Å². The van der Waals surface area contributed by atoms with E-state index in [9.17, 15) is 4.79 Å². The number of guanidine groups is 1. The molecule has 0 aromatic heterocycles. The van der Waals surface area contributed by atoms with E-state index in [4.69, 9.17) is 0 Å². The minimum Gasteiger partial charge on any atom is -0.355 e. The second-order valence-corrected chi connectivity index (χ2v) is 5.25. The highest BCUT2D eigenvalue weighted by atomic mass is 127. The van der Waals surface area contributed by atoms with Crippen LogP contribution in [0.2, 0.25) is 0 Å². The molecule has 6 heteroatoms. The standard InChI is InChI=1S/C16H24N4O.HI/c1-17-16(20-14-9-5-6-10-14)19-12-11-18-15(21)13-7-3-2-4-8-13;/h2-4,7-8,14H,5-6,9-12H2,1H3,(H,18,21)(H2,17,19,20);1H. The van der Waals surface area contributed by atoms with Gasteiger partial charge in [-0.2, -0.15) is 0 Å². The van der Waals surface area contributed by atoms with Crippen LogP contribution in [0.4, 0.5) is 0 Å². The lowest BCUT2D eigenvalue weighted by Crippen LogP contribution is -2.44. The SMILES string of the molecule is CN=C(NCCNC(=O)c1ccccc1)NC1CCCC1.I. The van der Waals surface area contributed by atoms with Gasteiger partial charge in [0.2, 0.25) is 0 Å². The van der Waals surface area contributed by atoms with Crippen LogP contribution in [0.5, 0.6) is 0 Å². The number of carbonyl (C=O) groups excluding carboxylic acids is 1. The van der Waals surface area contributed by atoms with Crippen molar-refractivity contribution >= 4 is 35.8 Å². The highest BCUT2D eigenvalue weighted by molar-refractivity contribution is 14.0. The number of benzene rings is 1. The van der Waals surface area contributed by atoms with E-state index >= 15 is 0 Å². The summed E-state index contributed by atoms with van der Waals surface area (Å²) in [5.41, 5.74) is 0.686. The average Bonchev–Trinajstić information content (AvgIpc) is 3.04. The molecule has 1 fully saturated rings. The van der Waals surface area contributed by atoms with Crippen LogP contribution in [-0.4, -0.2) is 38.0 Å². The molecule has 0 aliphatic heterocycles. The number of hydrogen-bond acceptors (Lipinski definition) is 2. The number of rotatable bonds is 5. The van der Waals surface area contributed by atoms with Gasteiger partial charge in [-0.3, -0.25) is 9.79 Å². The van der Waals surface area contributed by atoms with E-state index < -0.39 is 0 Å². The van der Waals surface area contributed by atoms with Crippen LogP contribution in [0.3, 0.4) is 0 Å². The molecule has 0 heterocycles. The maximum atomic E-state index is 11.9. The Balaban J connectivity index is 0.00000242. The summed E-state index contributed by atoms with van der Waals surface area (Å²) in [5, 5.41) is 9.53. The van der Waals surface area contributed by atoms with Crippen LogP contribution in [0.15, 0.2) is 35.3 Å². The van der Waals surface area contributed by atoms with Crippen molar-refractivity contribution in [2.24, 2.45) is 4.99 Å². The van der Waals surface area contributed by atoms with E-state index in [1.807, 2.05) is 30.3 Å². The number of amides is 1. The Bertz CT molecular complexity index is 472. The summed E-state index contributed by atoms with van der Waals surface area (Å²) in [6.07, 6.45) is 5.01. The predicted octanol–water partition coefficient (Wildman–Crippen LogP) is 2.14. The van der Waals surface area contributed by atoms with Crippen molar-refractivity contribution in [2.75, 3.05) is 20.1 Å². The van der Waals surface area contributed by atoms with Gasteiger partial charge in [0, 0.05) is 31.7 Å². The number of carbonyl (C=O) groups is 1. The Morgan fingerprint density at radius 3 is 2.41 bits per heavy atom. The lowest BCUT2D eigenvalue weighted by molar-refractivity contribution is 0.0954. The van der Waals surface area contributed by atoms with E-state index in [2.05, 4.69) is 20.9 Å². The molecule has 0 bridgehead atoms. The largest absolute Gasteiger partial charge is 0.355 e. The molecule has 3 N–H and O–H groups in total. The molecule has 1 amide bonds. The van der Waals surface area contributed by atoms with Crippen LogP contribution in [0.25, 0.3) is 0 Å². The molecule has 1 saturated carbocycles. The summed E-state index contributed by atoms with van der Waals surface area (Å²) in [6, 6.07) is 9.78. The quantitative estimate of drug-likeness (QED) is 0.298. The molecule has 0 radical (unpaired) electrons. The Hall–Kier alpha value is -1.31. The number of halogens is 1. The van der Waals surface area contributed by atoms with Gasteiger partial charge in [0.05, 0.1) is 0 Å². The number of nitrogens with zero attached hydrogens (tertiary/aromatic N) is 1. The zero-order chi connectivity index (χ0) is 14.9. The smallest absolute Gasteiger partial charge is 0.251 e. The molecule has 1 aliphatic rings. The zero-order valence-corrected chi connectivity index (χ0v) is 15.3. The Kier molecular flexibility index (Phi) is 8.88. The molecule has 2 rings (SSSR count). The third kappa shape index (κ3) is 6.21. The summed E-state index contributed by atoms with van der Waals surface area (Å²) in [6.45, 7) is 1.23. The fourth-order valence-electron chi connectivity index (χ4n) is 2.51. The molecule has 122 valence electrons. The molecule has 1 aliphatic carbocycles. The fourth-order valence-corrected chi connectivity index (χ4v) is 2.51. The molecular weight excluding hydrogens is 391 g/mol. The molecule has 5 nitrogen and oxygen atoms in total. The summed E-state index contributed by atoms with van der Waals surface area (Å²) >= 11 is 0. The van der Waals surface area contributed by atoms with Gasteiger partial charge >= 0.3 is 0 Å². The summed E-state index contributed by atoms with van der Waals surface area (Å²) in [5.74, 6) is 0.770. The normalized spacial score (nSPS) is 15.0. The van der Waals surface area contributed by atoms with Gasteiger partial charge in [0.25, 0.3) is 5.91 Å². The first-order valence-corrected chi connectivity index (χ1v) is 7.60. The molecule has 1 aromatic rings. The first kappa shape index (κ1) is 18.7. The molecule has 0 unspecified atom stereocenters. The number of hydrogen-bond donors (Lipinski definition) is 3. The van der Waals surface area contributed by atoms with E-state index in [1.54, 1.807) is 7.05 Å². The molecule has 22 heavy (non-hydrogen) atoms. The lowest BCUT2D eigenvalue weighted by Gasteiger charge is -2.16. The van der Waals surface area contributed by atoms with Crippen molar-refractivity contribution in [3.63, 3.8) is 0 Å². The van der Waals surface area contributed by atoms with Crippen LogP contribution in [-0.2, 0) is 0 Å². The van der Waals surface area contributed by atoms with Gasteiger partial charge < -0.3 is 16.0 Å². The van der Waals surface area contributed by atoms with Crippen LogP contribution in [0, 0.1) is 0 Å². The van der Waals surface area contributed by atoms with Crippen molar-refractivity contribution in [1.82, 2.24) is 16.0 Å². The second-order valence-electron chi connectivity index (χ2n) is 5.25. The maximum Gasteiger partial charge on any atom is 0.251 e. The Morgan fingerprint density at radius 2 is 1.77 bits per heavy atom. The van der Waals surface area contributed by atoms with Crippen molar-refractivity contribution in [3.8, 4) is 0 Å². The first-order valence-electron chi connectivity index (χ1n) is 7.60. The van der Waals surface area contributed by atoms with Crippen LogP contribution >= 0.6 is 24.0 Å². The van der Waals surface area contributed by atoms with Gasteiger partial charge in [0.15, 0.2) is 5.96 Å². The average molecular weight is 416 g/mol. The predicted molar refractivity (Wildman–Crippen MR) is 101 cm³/mol. The van der Waals surface area contributed by atoms with Gasteiger partial charge in [0.1, 0.15) is 0 Å². The van der Waals surface area contributed by atoms with Gasteiger partial charge in [-0.25, -0.2) is 0 Å². The zero-order valence-electron chi connectivity index (χ0n) is 13.0. The van der Waals surface area contributed by atoms with E-state index in [0.717, 1.165) is 5.96 Å². The Morgan fingerprint density at radius 1 is 1.14 bits per heavy atom. The van der Waals surface area contributed by atoms with Gasteiger partial charge in [-0.05, 0) is 25.0 Å². The first-order chi connectivity index (χ1) is 10.3. The second kappa shape index (κ2) is 10.4. The van der Waals surface area contributed by atoms with E-state index in [0.29, 0.717) is 24.7 Å². The van der Waals surface area contributed by atoms with E-state index in [1.165, 1.54) is 25.7 Å². The third-order valence-corrected chi connectivity index (χ3v) is 3.66. The monoisotopic (exact) mass is 416 g/mol. The summed E-state index contributed by atoms with van der Waals surface area (Å²) < 4.78 is 0. The minimum absolute atomic E-state index is 0. The molecule has 0 saturated heterocycles. The van der Waals surface area contributed by atoms with Crippen LogP contribution < -0.4 is 16.0 Å². The van der Waals surface area contributed by atoms with Crippen molar-refractivity contribution in [2.45, 2.75) is 31.7 Å². The molecule has 0 spiro atoms. The molecular formula is C16H25IN4O. The van der Waals surface area contributed by atoms with Crippen molar-refractivity contribution in [3.05, 3.63) is 35.9 Å². The van der Waals surface area contributed by atoms with Crippen LogP contribution in [0.1, 0.15) is 36.0 Å². The van der Waals surface area contributed by atoms with Gasteiger partial charge in [-0.1, -0.05) is 31.0 Å². The topological polar surface area (TPSA) is 65.5 Å². The van der Waals surface area contributed by atoms with E-state index in [-0.39, 0.29) is 29.9 Å². The molecule has 1 aromatic carbocycles. The van der Waals surface area contributed by atoms with Gasteiger partial charge in [-0.15, -0.1) is 24.0 Å². The summed E-state index contributed by atoms with van der Waals surface area (Å²) in [4.78, 5) is 16.1.